The van der Waals surface area contributed by atoms with Crippen LogP contribution in [0, 0.1) is 0 Å². The third-order valence-electron chi connectivity index (χ3n) is 1.94. The van der Waals surface area contributed by atoms with E-state index in [0.717, 1.165) is 18.7 Å². The molecule has 1 rings (SSSR count). The van der Waals surface area contributed by atoms with E-state index in [1.54, 1.807) is 0 Å². The molecule has 1 aromatic rings. The Bertz CT molecular complexity index is 247. The van der Waals surface area contributed by atoms with Crippen molar-refractivity contribution in [3.05, 3.63) is 18.0 Å². The molecule has 13 heavy (non-hydrogen) atoms. The van der Waals surface area contributed by atoms with Gasteiger partial charge in [-0.25, -0.2) is 0 Å². The number of aryl methyl sites for hydroxylation is 1. The van der Waals surface area contributed by atoms with Crippen molar-refractivity contribution in [3.63, 3.8) is 0 Å². The highest BCUT2D eigenvalue weighted by atomic mass is 35.5. The van der Waals surface area contributed by atoms with Gasteiger partial charge in [-0.05, 0) is 19.4 Å². The van der Waals surface area contributed by atoms with Crippen molar-refractivity contribution >= 4 is 11.6 Å². The van der Waals surface area contributed by atoms with E-state index in [1.807, 2.05) is 24.0 Å². The van der Waals surface area contributed by atoms with Crippen molar-refractivity contribution in [3.8, 4) is 0 Å². The average Bonchev–Trinajstić information content (AvgIpc) is 2.49. The second-order valence-corrected chi connectivity index (χ2v) is 3.62. The van der Waals surface area contributed by atoms with E-state index in [4.69, 9.17) is 11.6 Å². The first kappa shape index (κ1) is 10.5. The monoisotopic (exact) mass is 201 g/mol. The highest BCUT2D eigenvalue weighted by molar-refractivity contribution is 6.17. The Balaban J connectivity index is 2.26. The molecule has 74 valence electrons. The summed E-state index contributed by atoms with van der Waals surface area (Å²) < 4.78 is 1.81. The van der Waals surface area contributed by atoms with Gasteiger partial charge >= 0.3 is 0 Å². The van der Waals surface area contributed by atoms with E-state index in [2.05, 4.69) is 17.3 Å². The molecule has 0 aliphatic heterocycles. The fourth-order valence-corrected chi connectivity index (χ4v) is 1.43. The maximum absolute atomic E-state index is 5.62. The predicted molar refractivity (Wildman–Crippen MR) is 54.8 cm³/mol. The van der Waals surface area contributed by atoms with Crippen LogP contribution in [0.15, 0.2) is 12.3 Å². The van der Waals surface area contributed by atoms with Gasteiger partial charge in [0.15, 0.2) is 0 Å². The minimum Gasteiger partial charge on any atom is -0.309 e. The lowest BCUT2D eigenvalue weighted by atomic mass is 10.2. The van der Waals surface area contributed by atoms with Gasteiger partial charge in [-0.15, -0.1) is 11.6 Å². The SMILES string of the molecule is CC(CCCl)NCc1ccn(C)n1. The molecular formula is C9H16ClN3. The van der Waals surface area contributed by atoms with Crippen molar-refractivity contribution in [1.29, 1.82) is 0 Å². The summed E-state index contributed by atoms with van der Waals surface area (Å²) in [6, 6.07) is 2.47. The molecule has 0 fully saturated rings. The van der Waals surface area contributed by atoms with Crippen molar-refractivity contribution in [2.24, 2.45) is 7.05 Å². The summed E-state index contributed by atoms with van der Waals surface area (Å²) in [4.78, 5) is 0. The Morgan fingerprint density at radius 3 is 3.00 bits per heavy atom. The maximum Gasteiger partial charge on any atom is 0.0762 e. The van der Waals surface area contributed by atoms with Crippen molar-refractivity contribution in [2.75, 3.05) is 5.88 Å². The highest BCUT2D eigenvalue weighted by Crippen LogP contribution is 1.97. The van der Waals surface area contributed by atoms with Crippen LogP contribution in [0.1, 0.15) is 19.0 Å². The number of rotatable bonds is 5. The van der Waals surface area contributed by atoms with Gasteiger partial charge in [0, 0.05) is 31.7 Å². The first-order chi connectivity index (χ1) is 6.22. The predicted octanol–water partition coefficient (Wildman–Crippen LogP) is 1.53. The first-order valence-corrected chi connectivity index (χ1v) is 5.03. The molecule has 0 radical (unpaired) electrons. The van der Waals surface area contributed by atoms with E-state index in [-0.39, 0.29) is 0 Å². The highest BCUT2D eigenvalue weighted by Gasteiger charge is 2.01. The van der Waals surface area contributed by atoms with Crippen LogP contribution in [0.4, 0.5) is 0 Å². The quantitative estimate of drug-likeness (QED) is 0.733. The zero-order valence-electron chi connectivity index (χ0n) is 8.13. The standard InChI is InChI=1S/C9H16ClN3/c1-8(3-5-10)11-7-9-4-6-13(2)12-9/h4,6,8,11H,3,5,7H2,1-2H3. The number of hydrogen-bond acceptors (Lipinski definition) is 2. The second-order valence-electron chi connectivity index (χ2n) is 3.24. The van der Waals surface area contributed by atoms with Crippen LogP contribution in [0.5, 0.6) is 0 Å². The lowest BCUT2D eigenvalue weighted by Crippen LogP contribution is -2.26. The first-order valence-electron chi connectivity index (χ1n) is 4.50. The molecule has 0 amide bonds. The summed E-state index contributed by atoms with van der Waals surface area (Å²) in [6.45, 7) is 2.95. The second kappa shape index (κ2) is 5.25. The van der Waals surface area contributed by atoms with Crippen LogP contribution in [-0.2, 0) is 13.6 Å². The lowest BCUT2D eigenvalue weighted by Gasteiger charge is -2.10. The van der Waals surface area contributed by atoms with Crippen molar-refractivity contribution in [2.45, 2.75) is 25.9 Å². The van der Waals surface area contributed by atoms with Gasteiger partial charge in [0.1, 0.15) is 0 Å². The molecule has 0 saturated carbocycles. The van der Waals surface area contributed by atoms with Gasteiger partial charge in [-0.1, -0.05) is 0 Å². The Morgan fingerprint density at radius 1 is 1.69 bits per heavy atom. The van der Waals surface area contributed by atoms with Gasteiger partial charge in [0.25, 0.3) is 0 Å². The summed E-state index contributed by atoms with van der Waals surface area (Å²) in [5.74, 6) is 0.705. The molecule has 0 bridgehead atoms. The molecule has 0 saturated heterocycles. The molecular weight excluding hydrogens is 186 g/mol. The maximum atomic E-state index is 5.62. The van der Waals surface area contributed by atoms with Crippen LogP contribution in [0.2, 0.25) is 0 Å². The summed E-state index contributed by atoms with van der Waals surface area (Å²) in [6.07, 6.45) is 2.94. The van der Waals surface area contributed by atoms with Crippen molar-refractivity contribution < 1.29 is 0 Å². The molecule has 0 spiro atoms. The summed E-state index contributed by atoms with van der Waals surface area (Å²) in [5.41, 5.74) is 1.07. The van der Waals surface area contributed by atoms with Gasteiger partial charge in [-0.2, -0.15) is 5.10 Å². The van der Waals surface area contributed by atoms with Crippen LogP contribution < -0.4 is 5.32 Å². The molecule has 1 N–H and O–H groups in total. The van der Waals surface area contributed by atoms with E-state index < -0.39 is 0 Å². The largest absolute Gasteiger partial charge is 0.309 e. The smallest absolute Gasteiger partial charge is 0.0762 e. The van der Waals surface area contributed by atoms with E-state index in [0.29, 0.717) is 11.9 Å². The molecule has 1 atom stereocenters. The molecule has 4 heteroatoms. The molecule has 0 aliphatic rings. The topological polar surface area (TPSA) is 29.9 Å². The fourth-order valence-electron chi connectivity index (χ4n) is 1.10. The Morgan fingerprint density at radius 2 is 2.46 bits per heavy atom. The fraction of sp³-hybridized carbons (Fsp3) is 0.667. The van der Waals surface area contributed by atoms with Gasteiger partial charge < -0.3 is 5.32 Å². The zero-order chi connectivity index (χ0) is 9.68. The van der Waals surface area contributed by atoms with Crippen LogP contribution in [0.3, 0.4) is 0 Å². The molecule has 1 unspecified atom stereocenters. The van der Waals surface area contributed by atoms with E-state index >= 15 is 0 Å². The third kappa shape index (κ3) is 3.79. The number of nitrogens with zero attached hydrogens (tertiary/aromatic N) is 2. The lowest BCUT2D eigenvalue weighted by molar-refractivity contribution is 0.527. The third-order valence-corrected chi connectivity index (χ3v) is 2.16. The Hall–Kier alpha value is -0.540. The molecule has 1 heterocycles. The van der Waals surface area contributed by atoms with Crippen LogP contribution in [0.25, 0.3) is 0 Å². The van der Waals surface area contributed by atoms with Gasteiger partial charge in [-0.3, -0.25) is 4.68 Å². The minimum atomic E-state index is 0.458. The van der Waals surface area contributed by atoms with Gasteiger partial charge in [0.2, 0.25) is 0 Å². The number of hydrogen-bond donors (Lipinski definition) is 1. The molecule has 3 nitrogen and oxygen atoms in total. The molecule has 1 aromatic heterocycles. The van der Waals surface area contributed by atoms with Crippen LogP contribution in [-0.4, -0.2) is 21.7 Å². The van der Waals surface area contributed by atoms with Gasteiger partial charge in [0.05, 0.1) is 5.69 Å². The van der Waals surface area contributed by atoms with E-state index in [9.17, 15) is 0 Å². The Kier molecular flexibility index (Phi) is 4.25. The minimum absolute atomic E-state index is 0.458. The summed E-state index contributed by atoms with van der Waals surface area (Å²) in [5, 5.41) is 7.62. The average molecular weight is 202 g/mol. The summed E-state index contributed by atoms with van der Waals surface area (Å²) >= 11 is 5.62. The number of halogens is 1. The summed E-state index contributed by atoms with van der Waals surface area (Å²) in [7, 11) is 1.92. The number of aromatic nitrogens is 2. The Labute approximate surface area is 84.1 Å². The normalized spacial score (nSPS) is 13.2. The number of alkyl halides is 1. The molecule has 0 aromatic carbocycles. The number of nitrogens with one attached hydrogen (secondary N) is 1. The molecule has 0 aliphatic carbocycles. The van der Waals surface area contributed by atoms with Crippen LogP contribution >= 0.6 is 11.6 Å². The van der Waals surface area contributed by atoms with Crippen molar-refractivity contribution in [1.82, 2.24) is 15.1 Å². The van der Waals surface area contributed by atoms with E-state index in [1.165, 1.54) is 0 Å². The zero-order valence-corrected chi connectivity index (χ0v) is 8.88.